The van der Waals surface area contributed by atoms with Crippen molar-refractivity contribution in [3.63, 3.8) is 0 Å². The summed E-state index contributed by atoms with van der Waals surface area (Å²) in [4.78, 5) is 11.2. The molecular formula is C12H15NO3. The molecule has 0 radical (unpaired) electrons. The van der Waals surface area contributed by atoms with Crippen LogP contribution >= 0.6 is 0 Å². The molecule has 2 unspecified atom stereocenters. The van der Waals surface area contributed by atoms with E-state index in [1.54, 1.807) is 13.2 Å². The van der Waals surface area contributed by atoms with Crippen LogP contribution in [0.3, 0.4) is 0 Å². The van der Waals surface area contributed by atoms with Crippen LogP contribution in [-0.2, 0) is 11.2 Å². The molecule has 0 saturated carbocycles. The second-order valence-corrected chi connectivity index (χ2v) is 4.08. The van der Waals surface area contributed by atoms with Gasteiger partial charge in [0.25, 0.3) is 0 Å². The second-order valence-electron chi connectivity index (χ2n) is 4.08. The van der Waals surface area contributed by atoms with Gasteiger partial charge in [-0.2, -0.15) is 0 Å². The molecule has 2 atom stereocenters. The predicted octanol–water partition coefficient (Wildman–Crippen LogP) is 1.14. The van der Waals surface area contributed by atoms with Gasteiger partial charge in [-0.15, -0.1) is 0 Å². The van der Waals surface area contributed by atoms with Crippen molar-refractivity contribution >= 4 is 5.97 Å². The molecule has 1 aliphatic carbocycles. The number of aliphatic carboxylic acids is 1. The van der Waals surface area contributed by atoms with Crippen molar-refractivity contribution in [2.75, 3.05) is 7.11 Å². The summed E-state index contributed by atoms with van der Waals surface area (Å²) in [5, 5.41) is 9.20. The van der Waals surface area contributed by atoms with Gasteiger partial charge in [0.1, 0.15) is 5.75 Å². The highest BCUT2D eigenvalue weighted by Gasteiger charge is 2.32. The number of carbonyl (C=O) groups is 1. The fourth-order valence-electron chi connectivity index (χ4n) is 2.25. The van der Waals surface area contributed by atoms with Crippen molar-refractivity contribution < 1.29 is 14.6 Å². The Kier molecular flexibility index (Phi) is 2.83. The van der Waals surface area contributed by atoms with Gasteiger partial charge in [0, 0.05) is 6.04 Å². The summed E-state index contributed by atoms with van der Waals surface area (Å²) in [6, 6.07) is 5.26. The number of benzene rings is 1. The third-order valence-electron chi connectivity index (χ3n) is 3.13. The smallest absolute Gasteiger partial charge is 0.312 e. The van der Waals surface area contributed by atoms with E-state index in [9.17, 15) is 9.90 Å². The first-order chi connectivity index (χ1) is 7.63. The van der Waals surface area contributed by atoms with Gasteiger partial charge in [-0.05, 0) is 36.1 Å². The number of rotatable bonds is 2. The van der Waals surface area contributed by atoms with Crippen LogP contribution in [0.5, 0.6) is 5.75 Å². The van der Waals surface area contributed by atoms with Gasteiger partial charge in [-0.1, -0.05) is 6.07 Å². The first kappa shape index (κ1) is 11.0. The number of carboxylic acids is 1. The molecule has 0 aromatic heterocycles. The van der Waals surface area contributed by atoms with E-state index in [4.69, 9.17) is 10.5 Å². The van der Waals surface area contributed by atoms with E-state index >= 15 is 0 Å². The molecule has 0 spiro atoms. The maximum atomic E-state index is 11.2. The molecule has 1 aromatic carbocycles. The predicted molar refractivity (Wildman–Crippen MR) is 59.7 cm³/mol. The number of fused-ring (bicyclic) bond motifs is 1. The third-order valence-corrected chi connectivity index (χ3v) is 3.13. The van der Waals surface area contributed by atoms with Crippen LogP contribution in [-0.4, -0.2) is 24.2 Å². The highest BCUT2D eigenvalue weighted by Crippen LogP contribution is 2.33. The molecule has 0 aliphatic heterocycles. The summed E-state index contributed by atoms with van der Waals surface area (Å²) in [5.41, 5.74) is 7.73. The van der Waals surface area contributed by atoms with Gasteiger partial charge in [0.05, 0.1) is 13.0 Å². The summed E-state index contributed by atoms with van der Waals surface area (Å²) in [7, 11) is 1.57. The molecular weight excluding hydrogens is 206 g/mol. The van der Waals surface area contributed by atoms with Gasteiger partial charge in [-0.3, -0.25) is 4.79 Å². The van der Waals surface area contributed by atoms with E-state index in [1.807, 2.05) is 12.1 Å². The minimum atomic E-state index is -0.860. The molecule has 1 aliphatic rings. The zero-order valence-corrected chi connectivity index (χ0v) is 9.14. The zero-order chi connectivity index (χ0) is 11.7. The minimum absolute atomic E-state index is 0.308. The van der Waals surface area contributed by atoms with Gasteiger partial charge in [0.2, 0.25) is 0 Å². The van der Waals surface area contributed by atoms with E-state index in [1.165, 1.54) is 0 Å². The number of methoxy groups -OCH3 is 1. The Morgan fingerprint density at radius 3 is 2.94 bits per heavy atom. The van der Waals surface area contributed by atoms with Gasteiger partial charge < -0.3 is 15.6 Å². The minimum Gasteiger partial charge on any atom is -0.497 e. The fraction of sp³-hybridized carbons (Fsp3) is 0.417. The van der Waals surface area contributed by atoms with E-state index < -0.39 is 11.9 Å². The van der Waals surface area contributed by atoms with Crippen LogP contribution in [0.15, 0.2) is 18.2 Å². The molecule has 1 aromatic rings. The van der Waals surface area contributed by atoms with Crippen LogP contribution in [0.4, 0.5) is 0 Å². The average molecular weight is 221 g/mol. The van der Waals surface area contributed by atoms with Crippen LogP contribution in [0.25, 0.3) is 0 Å². The van der Waals surface area contributed by atoms with E-state index in [-0.39, 0.29) is 6.04 Å². The largest absolute Gasteiger partial charge is 0.497 e. The van der Waals surface area contributed by atoms with E-state index in [0.717, 1.165) is 24.0 Å². The highest BCUT2D eigenvalue weighted by atomic mass is 16.5. The molecule has 2 rings (SSSR count). The molecule has 0 amide bonds. The summed E-state index contributed by atoms with van der Waals surface area (Å²) in [6.45, 7) is 0. The molecule has 0 saturated heterocycles. The summed E-state index contributed by atoms with van der Waals surface area (Å²) >= 11 is 0. The number of hydrogen-bond acceptors (Lipinski definition) is 3. The lowest BCUT2D eigenvalue weighted by atomic mass is 9.79. The Morgan fingerprint density at radius 1 is 1.56 bits per heavy atom. The Hall–Kier alpha value is -1.55. The maximum absolute atomic E-state index is 11.2. The number of hydrogen-bond donors (Lipinski definition) is 2. The van der Waals surface area contributed by atoms with Crippen molar-refractivity contribution in [2.24, 2.45) is 5.73 Å². The van der Waals surface area contributed by atoms with Crippen LogP contribution in [0.2, 0.25) is 0 Å². The number of carboxylic acid groups (broad SMARTS) is 1. The Morgan fingerprint density at radius 2 is 2.31 bits per heavy atom. The second kappa shape index (κ2) is 4.14. The average Bonchev–Trinajstić information content (AvgIpc) is 2.27. The fourth-order valence-corrected chi connectivity index (χ4v) is 2.25. The van der Waals surface area contributed by atoms with E-state index in [0.29, 0.717) is 5.75 Å². The SMILES string of the molecule is COc1ccc2c(c1)C(C(=O)O)C(N)CC2. The summed E-state index contributed by atoms with van der Waals surface area (Å²) < 4.78 is 5.11. The first-order valence-electron chi connectivity index (χ1n) is 5.28. The van der Waals surface area contributed by atoms with Gasteiger partial charge in [0.15, 0.2) is 0 Å². The summed E-state index contributed by atoms with van der Waals surface area (Å²) in [5.74, 6) is -0.792. The van der Waals surface area contributed by atoms with Crippen molar-refractivity contribution in [3.8, 4) is 5.75 Å². The Labute approximate surface area is 94.0 Å². The van der Waals surface area contributed by atoms with Crippen LogP contribution in [0, 0.1) is 0 Å². The number of nitrogens with two attached hydrogens (primary N) is 1. The zero-order valence-electron chi connectivity index (χ0n) is 9.14. The topological polar surface area (TPSA) is 72.5 Å². The molecule has 0 fully saturated rings. The van der Waals surface area contributed by atoms with Gasteiger partial charge in [-0.25, -0.2) is 0 Å². The van der Waals surface area contributed by atoms with E-state index in [2.05, 4.69) is 0 Å². The van der Waals surface area contributed by atoms with Crippen LogP contribution < -0.4 is 10.5 Å². The number of aryl methyl sites for hydroxylation is 1. The molecule has 86 valence electrons. The Bertz CT molecular complexity index is 417. The molecule has 4 nitrogen and oxygen atoms in total. The van der Waals surface area contributed by atoms with Crippen molar-refractivity contribution in [1.29, 1.82) is 0 Å². The molecule has 0 heterocycles. The first-order valence-corrected chi connectivity index (χ1v) is 5.28. The lowest BCUT2D eigenvalue weighted by molar-refractivity contribution is -0.139. The monoisotopic (exact) mass is 221 g/mol. The number of ether oxygens (including phenoxy) is 1. The quantitative estimate of drug-likeness (QED) is 0.785. The van der Waals surface area contributed by atoms with Crippen LogP contribution in [0.1, 0.15) is 23.5 Å². The Balaban J connectivity index is 2.48. The molecule has 4 heteroatoms. The normalized spacial score (nSPS) is 23.6. The highest BCUT2D eigenvalue weighted by molar-refractivity contribution is 5.78. The van der Waals surface area contributed by atoms with Crippen molar-refractivity contribution in [3.05, 3.63) is 29.3 Å². The van der Waals surface area contributed by atoms with Crippen molar-refractivity contribution in [2.45, 2.75) is 24.8 Å². The maximum Gasteiger partial charge on any atom is 0.312 e. The lowest BCUT2D eigenvalue weighted by Gasteiger charge is -2.28. The molecule has 16 heavy (non-hydrogen) atoms. The molecule has 3 N–H and O–H groups in total. The third kappa shape index (κ3) is 1.76. The van der Waals surface area contributed by atoms with Gasteiger partial charge >= 0.3 is 5.97 Å². The molecule has 0 bridgehead atoms. The standard InChI is InChI=1S/C12H15NO3/c1-16-8-4-2-7-3-5-10(13)11(12(14)15)9(7)6-8/h2,4,6,10-11H,3,5,13H2,1H3,(H,14,15). The van der Waals surface area contributed by atoms with Crippen molar-refractivity contribution in [1.82, 2.24) is 0 Å². The summed E-state index contributed by atoms with van der Waals surface area (Å²) in [6.07, 6.45) is 1.56. The lowest BCUT2D eigenvalue weighted by Crippen LogP contribution is -2.37.